The van der Waals surface area contributed by atoms with Gasteiger partial charge in [0.25, 0.3) is 0 Å². The minimum atomic E-state index is -1.62. The third-order valence-corrected chi connectivity index (χ3v) is 3.96. The van der Waals surface area contributed by atoms with Crippen molar-refractivity contribution in [2.24, 2.45) is 0 Å². The van der Waals surface area contributed by atoms with Crippen LogP contribution >= 0.6 is 10.3 Å². The molecule has 4 heteroatoms. The van der Waals surface area contributed by atoms with Crippen LogP contribution in [0.25, 0.3) is 0 Å². The fraction of sp³-hybridized carbons (Fsp3) is 0.429. The summed E-state index contributed by atoms with van der Waals surface area (Å²) in [6, 6.07) is 0. The zero-order valence-electron chi connectivity index (χ0n) is 6.69. The van der Waals surface area contributed by atoms with Gasteiger partial charge in [0.05, 0.1) is 0 Å². The van der Waals surface area contributed by atoms with Crippen LogP contribution in [0.2, 0.25) is 0 Å². The summed E-state index contributed by atoms with van der Waals surface area (Å²) in [5, 5.41) is 0. The number of rotatable bonds is 2. The molecule has 3 nitrogen and oxygen atoms in total. The summed E-state index contributed by atoms with van der Waals surface area (Å²) in [5.41, 5.74) is 0. The molecule has 0 aromatic carbocycles. The molecule has 1 N–H and O–H groups in total. The Kier molecular flexibility index (Phi) is 2.46. The molecule has 11 heavy (non-hydrogen) atoms. The number of hydrogen-bond donors (Lipinski definition) is 1. The minimum absolute atomic E-state index is 0.750. The van der Waals surface area contributed by atoms with E-state index in [1.54, 1.807) is 12.4 Å². The van der Waals surface area contributed by atoms with Gasteiger partial charge in [-0.25, -0.2) is 9.97 Å². The van der Waals surface area contributed by atoms with Gasteiger partial charge in [0.15, 0.2) is 0 Å². The normalized spacial score (nSPS) is 18.8. The second kappa shape index (κ2) is 3.19. The van der Waals surface area contributed by atoms with E-state index in [1.807, 2.05) is 13.2 Å². The Hall–Kier alpha value is -0.610. The molecule has 0 aliphatic heterocycles. The van der Waals surface area contributed by atoms with E-state index in [0.717, 1.165) is 10.6 Å². The van der Waals surface area contributed by atoms with Crippen molar-refractivity contribution in [3.8, 4) is 0 Å². The molecule has 1 heterocycles. The average molecular weight is 172 g/mol. The van der Waals surface area contributed by atoms with Crippen LogP contribution in [-0.2, 0) is 0 Å². The minimum Gasteiger partial charge on any atom is -0.347 e. The lowest BCUT2D eigenvalue weighted by Gasteiger charge is -2.26. The Balaban J connectivity index is 2.93. The molecule has 0 saturated carbocycles. The monoisotopic (exact) mass is 172 g/mol. The molecule has 0 amide bonds. The first-order chi connectivity index (χ1) is 5.17. The second-order valence-corrected chi connectivity index (χ2v) is 5.53. The highest BCUT2D eigenvalue weighted by Gasteiger charge is 2.13. The Labute approximate surface area is 68.0 Å². The molecule has 0 radical (unpaired) electrons. The first-order valence-electron chi connectivity index (χ1n) is 3.40. The van der Waals surface area contributed by atoms with Crippen LogP contribution < -0.4 is 0 Å². The molecule has 0 saturated heterocycles. The Morgan fingerprint density at radius 1 is 1.45 bits per heavy atom. The highest BCUT2D eigenvalue weighted by atomic mass is 32.3. The van der Waals surface area contributed by atoms with Crippen LogP contribution in [0.5, 0.6) is 0 Å². The van der Waals surface area contributed by atoms with E-state index < -0.39 is 10.3 Å². The third kappa shape index (κ3) is 1.91. The number of hydrogen-bond acceptors (Lipinski definition) is 3. The van der Waals surface area contributed by atoms with E-state index in [1.165, 1.54) is 6.33 Å². The van der Waals surface area contributed by atoms with Gasteiger partial charge in [-0.05, 0) is 12.0 Å². The second-order valence-electron chi connectivity index (χ2n) is 2.40. The van der Waals surface area contributed by atoms with Crippen LogP contribution in [0.15, 0.2) is 23.6 Å². The van der Waals surface area contributed by atoms with Crippen LogP contribution in [0.3, 0.4) is 0 Å². The van der Waals surface area contributed by atoms with Gasteiger partial charge in [-0.15, -0.1) is 10.3 Å². The quantitative estimate of drug-likeness (QED) is 0.739. The van der Waals surface area contributed by atoms with Crippen LogP contribution in [-0.4, -0.2) is 26.5 Å². The topological polar surface area (TPSA) is 46.0 Å². The molecule has 1 aromatic heterocycles. The number of aromatic nitrogens is 2. The van der Waals surface area contributed by atoms with Crippen molar-refractivity contribution in [3.05, 3.63) is 18.7 Å². The summed E-state index contributed by atoms with van der Waals surface area (Å²) in [6.45, 7) is 1.96. The van der Waals surface area contributed by atoms with E-state index in [4.69, 9.17) is 0 Å². The Morgan fingerprint density at radius 3 is 2.45 bits per heavy atom. The summed E-state index contributed by atoms with van der Waals surface area (Å²) in [4.78, 5) is 8.55. The summed E-state index contributed by atoms with van der Waals surface area (Å²) in [6.07, 6.45) is 6.65. The van der Waals surface area contributed by atoms with Crippen molar-refractivity contribution in [3.63, 3.8) is 0 Å². The van der Waals surface area contributed by atoms with E-state index in [-0.39, 0.29) is 0 Å². The maximum atomic E-state index is 9.80. The summed E-state index contributed by atoms with van der Waals surface area (Å²) < 4.78 is 9.80. The lowest BCUT2D eigenvalue weighted by Crippen LogP contribution is -2.00. The van der Waals surface area contributed by atoms with E-state index in [9.17, 15) is 4.55 Å². The fourth-order valence-electron chi connectivity index (χ4n) is 0.679. The van der Waals surface area contributed by atoms with Gasteiger partial charge >= 0.3 is 0 Å². The fourth-order valence-corrected chi connectivity index (χ4v) is 1.59. The highest BCUT2D eigenvalue weighted by molar-refractivity contribution is 8.28. The SMILES string of the molecule is CCS(C)(O)c1cncnc1. The zero-order chi connectivity index (χ0) is 8.32. The van der Waals surface area contributed by atoms with Crippen LogP contribution in [0, 0.1) is 0 Å². The van der Waals surface area contributed by atoms with E-state index in [0.29, 0.717) is 0 Å². The molecular formula is C7H12N2OS. The average Bonchev–Trinajstić information content (AvgIpc) is 2.06. The molecule has 1 unspecified atom stereocenters. The predicted molar refractivity (Wildman–Crippen MR) is 47.0 cm³/mol. The van der Waals surface area contributed by atoms with Crippen molar-refractivity contribution >= 4 is 10.3 Å². The maximum Gasteiger partial charge on any atom is 0.115 e. The molecule has 1 rings (SSSR count). The van der Waals surface area contributed by atoms with Gasteiger partial charge in [-0.3, -0.25) is 0 Å². The lowest BCUT2D eigenvalue weighted by atomic mass is 10.7. The molecule has 62 valence electrons. The molecule has 0 bridgehead atoms. The first-order valence-corrected chi connectivity index (χ1v) is 5.57. The molecule has 0 fully saturated rings. The van der Waals surface area contributed by atoms with Gasteiger partial charge < -0.3 is 4.55 Å². The summed E-state index contributed by atoms with van der Waals surface area (Å²) >= 11 is 0. The van der Waals surface area contributed by atoms with Gasteiger partial charge in [0.2, 0.25) is 0 Å². The first kappa shape index (κ1) is 8.49. The number of nitrogens with zero attached hydrogens (tertiary/aromatic N) is 2. The third-order valence-electron chi connectivity index (χ3n) is 1.61. The largest absolute Gasteiger partial charge is 0.347 e. The molecule has 1 aromatic rings. The standard InChI is InChI=1S/C7H12N2OS/c1-3-11(2,10)7-4-8-6-9-5-7/h4-6,10H,3H2,1-2H3. The van der Waals surface area contributed by atoms with Crippen LogP contribution in [0.4, 0.5) is 0 Å². The Bertz CT molecular complexity index is 225. The van der Waals surface area contributed by atoms with Gasteiger partial charge in [-0.1, -0.05) is 6.92 Å². The van der Waals surface area contributed by atoms with Crippen molar-refractivity contribution < 1.29 is 4.55 Å². The van der Waals surface area contributed by atoms with Crippen molar-refractivity contribution in [2.75, 3.05) is 12.0 Å². The molecule has 0 spiro atoms. The van der Waals surface area contributed by atoms with Crippen LogP contribution in [0.1, 0.15) is 6.92 Å². The van der Waals surface area contributed by atoms with Gasteiger partial charge in [0.1, 0.15) is 6.33 Å². The summed E-state index contributed by atoms with van der Waals surface area (Å²) in [5.74, 6) is 0.750. The highest BCUT2D eigenvalue weighted by Crippen LogP contribution is 2.46. The van der Waals surface area contributed by atoms with Gasteiger partial charge in [-0.2, -0.15) is 0 Å². The van der Waals surface area contributed by atoms with Crippen molar-refractivity contribution in [2.45, 2.75) is 11.8 Å². The molecule has 0 aliphatic carbocycles. The smallest absolute Gasteiger partial charge is 0.115 e. The predicted octanol–water partition coefficient (Wildman–Crippen LogP) is 1.76. The maximum absolute atomic E-state index is 9.80. The Morgan fingerprint density at radius 2 is 2.00 bits per heavy atom. The van der Waals surface area contributed by atoms with Gasteiger partial charge in [0, 0.05) is 17.3 Å². The van der Waals surface area contributed by atoms with E-state index in [2.05, 4.69) is 9.97 Å². The molecule has 1 atom stereocenters. The van der Waals surface area contributed by atoms with E-state index >= 15 is 0 Å². The molecule has 0 aliphatic rings. The van der Waals surface area contributed by atoms with Crippen molar-refractivity contribution in [1.29, 1.82) is 0 Å². The summed E-state index contributed by atoms with van der Waals surface area (Å²) in [7, 11) is -1.62. The molecular weight excluding hydrogens is 160 g/mol. The van der Waals surface area contributed by atoms with Crippen molar-refractivity contribution in [1.82, 2.24) is 9.97 Å². The zero-order valence-corrected chi connectivity index (χ0v) is 7.51. The lowest BCUT2D eigenvalue weighted by molar-refractivity contribution is 0.630.